The summed E-state index contributed by atoms with van der Waals surface area (Å²) in [4.78, 5) is 12.0. The highest BCUT2D eigenvalue weighted by Crippen LogP contribution is 2.34. The standard InChI is InChI=1S/C21H25ClN2O5S/c1-15(13-28-2)23-21(25)14-29-20-10-9-17(12-18(20)22)30(26,27)24-11-5-7-16-6-3-4-8-19(16)24/h3-4,6,8-10,12,15H,5,7,11,13-14H2,1-2H3,(H,23,25)/t15-/m1/s1. The summed E-state index contributed by atoms with van der Waals surface area (Å²) in [5.41, 5.74) is 1.70. The van der Waals surface area contributed by atoms with Crippen LogP contribution in [0.2, 0.25) is 5.02 Å². The van der Waals surface area contributed by atoms with Gasteiger partial charge in [0.2, 0.25) is 0 Å². The summed E-state index contributed by atoms with van der Waals surface area (Å²) >= 11 is 6.25. The largest absolute Gasteiger partial charge is 0.482 e. The van der Waals surface area contributed by atoms with E-state index in [4.69, 9.17) is 21.1 Å². The maximum Gasteiger partial charge on any atom is 0.264 e. The lowest BCUT2D eigenvalue weighted by atomic mass is 10.0. The quantitative estimate of drug-likeness (QED) is 0.665. The van der Waals surface area contributed by atoms with E-state index in [2.05, 4.69) is 5.32 Å². The van der Waals surface area contributed by atoms with Crippen molar-refractivity contribution in [2.45, 2.75) is 30.7 Å². The highest BCUT2D eigenvalue weighted by Gasteiger charge is 2.29. The molecule has 0 radical (unpaired) electrons. The molecule has 1 atom stereocenters. The minimum absolute atomic E-state index is 0.0784. The smallest absolute Gasteiger partial charge is 0.264 e. The molecule has 0 saturated heterocycles. The van der Waals surface area contributed by atoms with Crippen LogP contribution in [0.3, 0.4) is 0 Å². The van der Waals surface area contributed by atoms with Gasteiger partial charge in [-0.2, -0.15) is 0 Å². The van der Waals surface area contributed by atoms with E-state index in [-0.39, 0.29) is 34.2 Å². The van der Waals surface area contributed by atoms with Gasteiger partial charge in [-0.1, -0.05) is 29.8 Å². The van der Waals surface area contributed by atoms with Gasteiger partial charge in [0.05, 0.1) is 22.2 Å². The second-order valence-corrected chi connectivity index (χ2v) is 9.38. The van der Waals surface area contributed by atoms with Crippen LogP contribution >= 0.6 is 11.6 Å². The van der Waals surface area contributed by atoms with Crippen molar-refractivity contribution in [2.24, 2.45) is 0 Å². The van der Waals surface area contributed by atoms with E-state index in [0.29, 0.717) is 18.8 Å². The zero-order valence-electron chi connectivity index (χ0n) is 16.9. The summed E-state index contributed by atoms with van der Waals surface area (Å²) < 4.78 is 38.3. The molecule has 0 unspecified atom stereocenters. The van der Waals surface area contributed by atoms with Crippen molar-refractivity contribution in [1.29, 1.82) is 0 Å². The first-order valence-corrected chi connectivity index (χ1v) is 11.5. The number of hydrogen-bond acceptors (Lipinski definition) is 5. The first-order valence-electron chi connectivity index (χ1n) is 9.64. The summed E-state index contributed by atoms with van der Waals surface area (Å²) in [6.07, 6.45) is 1.60. The first-order chi connectivity index (χ1) is 14.3. The van der Waals surface area contributed by atoms with Gasteiger partial charge in [-0.15, -0.1) is 0 Å². The fourth-order valence-corrected chi connectivity index (χ4v) is 5.25. The molecule has 0 spiro atoms. The zero-order valence-corrected chi connectivity index (χ0v) is 18.5. The number of sulfonamides is 1. The van der Waals surface area contributed by atoms with Crippen LogP contribution in [0.1, 0.15) is 18.9 Å². The number of aryl methyl sites for hydroxylation is 1. The van der Waals surface area contributed by atoms with Gasteiger partial charge in [-0.05, 0) is 49.6 Å². The van der Waals surface area contributed by atoms with E-state index in [1.54, 1.807) is 7.11 Å². The van der Waals surface area contributed by atoms with Crippen LogP contribution in [0.5, 0.6) is 5.75 Å². The van der Waals surface area contributed by atoms with Crippen LogP contribution in [-0.2, 0) is 26.0 Å². The van der Waals surface area contributed by atoms with Crippen molar-refractivity contribution in [2.75, 3.05) is 31.2 Å². The number of fused-ring (bicyclic) bond motifs is 1. The van der Waals surface area contributed by atoms with E-state index in [9.17, 15) is 13.2 Å². The van der Waals surface area contributed by atoms with E-state index in [1.165, 1.54) is 22.5 Å². The fourth-order valence-electron chi connectivity index (χ4n) is 3.39. The predicted molar refractivity (Wildman–Crippen MR) is 116 cm³/mol. The number of anilines is 1. The van der Waals surface area contributed by atoms with Crippen LogP contribution < -0.4 is 14.4 Å². The number of methoxy groups -OCH3 is 1. The summed E-state index contributed by atoms with van der Waals surface area (Å²) in [6, 6.07) is 11.6. The van der Waals surface area contributed by atoms with Crippen LogP contribution in [0.15, 0.2) is 47.4 Å². The van der Waals surface area contributed by atoms with Gasteiger partial charge in [-0.3, -0.25) is 9.10 Å². The molecular weight excluding hydrogens is 428 g/mol. The van der Waals surface area contributed by atoms with Gasteiger partial charge in [0.25, 0.3) is 15.9 Å². The normalized spacial score (nSPS) is 14.7. The van der Waals surface area contributed by atoms with Crippen molar-refractivity contribution in [3.05, 3.63) is 53.1 Å². The average molecular weight is 453 g/mol. The number of halogens is 1. The van der Waals surface area contributed by atoms with Crippen LogP contribution in [0, 0.1) is 0 Å². The molecule has 2 aromatic carbocycles. The van der Waals surface area contributed by atoms with Gasteiger partial charge in [-0.25, -0.2) is 8.42 Å². The molecule has 0 aliphatic carbocycles. The third kappa shape index (κ3) is 5.06. The Morgan fingerprint density at radius 2 is 2.03 bits per heavy atom. The van der Waals surface area contributed by atoms with Gasteiger partial charge in [0.1, 0.15) is 5.75 Å². The molecule has 2 aromatic rings. The molecule has 30 heavy (non-hydrogen) atoms. The Hall–Kier alpha value is -2.29. The average Bonchev–Trinajstić information content (AvgIpc) is 2.72. The number of rotatable bonds is 8. The van der Waals surface area contributed by atoms with E-state index in [1.807, 2.05) is 31.2 Å². The number of ether oxygens (including phenoxy) is 2. The lowest BCUT2D eigenvalue weighted by Gasteiger charge is -2.30. The SMILES string of the molecule is COC[C@@H](C)NC(=O)COc1ccc(S(=O)(=O)N2CCCc3ccccc32)cc1Cl. The maximum absolute atomic E-state index is 13.2. The summed E-state index contributed by atoms with van der Waals surface area (Å²) in [7, 11) is -2.22. The van der Waals surface area contributed by atoms with E-state index >= 15 is 0 Å². The number of nitrogens with zero attached hydrogens (tertiary/aromatic N) is 1. The molecule has 0 aromatic heterocycles. The maximum atomic E-state index is 13.2. The molecule has 0 bridgehead atoms. The van der Waals surface area contributed by atoms with Crippen LogP contribution in [-0.4, -0.2) is 47.2 Å². The van der Waals surface area contributed by atoms with Gasteiger partial charge in [0.15, 0.2) is 6.61 Å². The summed E-state index contributed by atoms with van der Waals surface area (Å²) in [5, 5.41) is 2.85. The minimum Gasteiger partial charge on any atom is -0.482 e. The number of carbonyl (C=O) groups excluding carboxylic acids is 1. The number of hydrogen-bond donors (Lipinski definition) is 1. The summed E-state index contributed by atoms with van der Waals surface area (Å²) in [5.74, 6) is -0.0820. The molecular formula is C21H25ClN2O5S. The Kier molecular flexibility index (Phi) is 7.23. The van der Waals surface area contributed by atoms with Crippen molar-refractivity contribution >= 4 is 33.2 Å². The molecule has 7 nitrogen and oxygen atoms in total. The fraction of sp³-hybridized carbons (Fsp3) is 0.381. The Labute approximate surface area is 182 Å². The molecule has 1 aliphatic rings. The highest BCUT2D eigenvalue weighted by atomic mass is 35.5. The lowest BCUT2D eigenvalue weighted by molar-refractivity contribution is -0.124. The van der Waals surface area contributed by atoms with Gasteiger partial charge >= 0.3 is 0 Å². The highest BCUT2D eigenvalue weighted by molar-refractivity contribution is 7.92. The van der Waals surface area contributed by atoms with E-state index < -0.39 is 10.0 Å². The second kappa shape index (κ2) is 9.68. The minimum atomic E-state index is -3.77. The van der Waals surface area contributed by atoms with Gasteiger partial charge in [0, 0.05) is 19.7 Å². The predicted octanol–water partition coefficient (Wildman–Crippen LogP) is 3.01. The third-order valence-electron chi connectivity index (χ3n) is 4.74. The Balaban J connectivity index is 1.73. The molecule has 1 heterocycles. The van der Waals surface area contributed by atoms with E-state index in [0.717, 1.165) is 18.4 Å². The lowest BCUT2D eigenvalue weighted by Crippen LogP contribution is -2.38. The molecule has 3 rings (SSSR count). The number of amides is 1. The number of benzene rings is 2. The molecule has 0 fully saturated rings. The molecule has 162 valence electrons. The van der Waals surface area contributed by atoms with Crippen LogP contribution in [0.25, 0.3) is 0 Å². The van der Waals surface area contributed by atoms with Crippen molar-refractivity contribution < 1.29 is 22.7 Å². The van der Waals surface area contributed by atoms with Crippen LogP contribution in [0.4, 0.5) is 5.69 Å². The topological polar surface area (TPSA) is 84.9 Å². The van der Waals surface area contributed by atoms with Gasteiger partial charge < -0.3 is 14.8 Å². The summed E-state index contributed by atoms with van der Waals surface area (Å²) in [6.45, 7) is 2.37. The Morgan fingerprint density at radius 3 is 2.77 bits per heavy atom. The molecule has 9 heteroatoms. The van der Waals surface area contributed by atoms with Crippen molar-refractivity contribution in [3.63, 3.8) is 0 Å². The number of nitrogens with one attached hydrogen (secondary N) is 1. The first kappa shape index (κ1) is 22.4. The van der Waals surface area contributed by atoms with Crippen molar-refractivity contribution in [3.8, 4) is 5.75 Å². The molecule has 1 aliphatic heterocycles. The molecule has 1 amide bonds. The number of para-hydroxylation sites is 1. The monoisotopic (exact) mass is 452 g/mol. The Morgan fingerprint density at radius 1 is 1.27 bits per heavy atom. The van der Waals surface area contributed by atoms with Crippen molar-refractivity contribution in [1.82, 2.24) is 5.32 Å². The molecule has 0 saturated carbocycles. The third-order valence-corrected chi connectivity index (χ3v) is 6.85. The molecule has 1 N–H and O–H groups in total. The zero-order chi connectivity index (χ0) is 21.7. The second-order valence-electron chi connectivity index (χ2n) is 7.11. The Bertz CT molecular complexity index is 1010. The number of carbonyl (C=O) groups is 1.